The molecule has 2 aromatic rings. The Bertz CT molecular complexity index is 593. The highest BCUT2D eigenvalue weighted by Gasteiger charge is 2.07. The number of nitrogens with two attached hydrogens (primary N) is 1. The van der Waals surface area contributed by atoms with Crippen LogP contribution in [0.3, 0.4) is 0 Å². The minimum Gasteiger partial charge on any atom is -0.384 e. The van der Waals surface area contributed by atoms with Crippen LogP contribution in [0.4, 0.5) is 11.4 Å². The second kappa shape index (κ2) is 5.23. The Balaban J connectivity index is 2.42. The van der Waals surface area contributed by atoms with Crippen molar-refractivity contribution in [3.8, 4) is 0 Å². The summed E-state index contributed by atoms with van der Waals surface area (Å²) in [5, 5.41) is 10.9. The van der Waals surface area contributed by atoms with Crippen LogP contribution in [0.5, 0.6) is 0 Å². The first-order valence-electron chi connectivity index (χ1n) is 5.54. The monoisotopic (exact) mass is 303 g/mol. The fourth-order valence-corrected chi connectivity index (χ4v) is 2.07. The minimum atomic E-state index is 0.0542. The van der Waals surface area contributed by atoms with Crippen molar-refractivity contribution in [1.29, 1.82) is 5.41 Å². The number of amidine groups is 1. The van der Waals surface area contributed by atoms with E-state index in [1.165, 1.54) is 0 Å². The van der Waals surface area contributed by atoms with Gasteiger partial charge in [0, 0.05) is 15.7 Å². The molecule has 0 heterocycles. The second-order valence-corrected chi connectivity index (χ2v) is 4.96. The number of anilines is 2. The first-order chi connectivity index (χ1) is 8.58. The number of halogens is 1. The van der Waals surface area contributed by atoms with Crippen LogP contribution >= 0.6 is 15.9 Å². The maximum Gasteiger partial charge on any atom is 0.124 e. The molecule has 0 unspecified atom stereocenters. The van der Waals surface area contributed by atoms with Crippen LogP contribution in [0.25, 0.3) is 0 Å². The molecule has 0 aliphatic carbocycles. The van der Waals surface area contributed by atoms with E-state index in [0.29, 0.717) is 5.56 Å². The van der Waals surface area contributed by atoms with Gasteiger partial charge in [0.1, 0.15) is 5.84 Å². The summed E-state index contributed by atoms with van der Waals surface area (Å²) < 4.78 is 0.948. The van der Waals surface area contributed by atoms with E-state index in [1.807, 2.05) is 49.4 Å². The Kier molecular flexibility index (Phi) is 3.67. The molecule has 0 saturated carbocycles. The second-order valence-electron chi connectivity index (χ2n) is 4.04. The van der Waals surface area contributed by atoms with Gasteiger partial charge < -0.3 is 11.1 Å². The minimum absolute atomic E-state index is 0.0542. The largest absolute Gasteiger partial charge is 0.384 e. The molecule has 0 spiro atoms. The van der Waals surface area contributed by atoms with Crippen molar-refractivity contribution in [2.75, 3.05) is 5.32 Å². The summed E-state index contributed by atoms with van der Waals surface area (Å²) in [5.41, 5.74) is 9.26. The third kappa shape index (κ3) is 2.71. The van der Waals surface area contributed by atoms with E-state index in [2.05, 4.69) is 21.2 Å². The fourth-order valence-electron chi connectivity index (χ4n) is 1.71. The maximum absolute atomic E-state index is 7.59. The fraction of sp³-hybridized carbons (Fsp3) is 0.0714. The zero-order chi connectivity index (χ0) is 13.1. The highest BCUT2D eigenvalue weighted by molar-refractivity contribution is 9.10. The lowest BCUT2D eigenvalue weighted by atomic mass is 10.1. The Morgan fingerprint density at radius 2 is 1.89 bits per heavy atom. The first kappa shape index (κ1) is 12.6. The summed E-state index contributed by atoms with van der Waals surface area (Å²) in [4.78, 5) is 0. The number of rotatable bonds is 3. The van der Waals surface area contributed by atoms with Gasteiger partial charge in [0.15, 0.2) is 0 Å². The van der Waals surface area contributed by atoms with Crippen molar-refractivity contribution < 1.29 is 0 Å². The predicted octanol–water partition coefficient (Wildman–Crippen LogP) is 3.79. The zero-order valence-electron chi connectivity index (χ0n) is 10.00. The predicted molar refractivity (Wildman–Crippen MR) is 79.6 cm³/mol. The molecule has 18 heavy (non-hydrogen) atoms. The van der Waals surface area contributed by atoms with Crippen molar-refractivity contribution in [2.45, 2.75) is 6.92 Å². The number of aryl methyl sites for hydroxylation is 1. The first-order valence-corrected chi connectivity index (χ1v) is 6.34. The normalized spacial score (nSPS) is 10.1. The molecule has 4 heteroatoms. The van der Waals surface area contributed by atoms with Gasteiger partial charge in [-0.15, -0.1) is 0 Å². The van der Waals surface area contributed by atoms with Crippen molar-refractivity contribution in [2.24, 2.45) is 5.73 Å². The SMILES string of the molecule is Cc1ccccc1Nc1cc(Br)ccc1C(=N)N. The summed E-state index contributed by atoms with van der Waals surface area (Å²) in [6, 6.07) is 13.6. The molecule has 0 fully saturated rings. The molecule has 4 N–H and O–H groups in total. The van der Waals surface area contributed by atoms with Gasteiger partial charge in [-0.05, 0) is 36.8 Å². The van der Waals surface area contributed by atoms with E-state index in [4.69, 9.17) is 11.1 Å². The molecule has 0 amide bonds. The number of hydrogen-bond acceptors (Lipinski definition) is 2. The summed E-state index contributed by atoms with van der Waals surface area (Å²) in [6.07, 6.45) is 0. The van der Waals surface area contributed by atoms with Crippen LogP contribution in [0.1, 0.15) is 11.1 Å². The van der Waals surface area contributed by atoms with Gasteiger partial charge >= 0.3 is 0 Å². The number of hydrogen-bond donors (Lipinski definition) is 3. The highest BCUT2D eigenvalue weighted by atomic mass is 79.9. The summed E-state index contributed by atoms with van der Waals surface area (Å²) in [7, 11) is 0. The molecule has 0 saturated heterocycles. The van der Waals surface area contributed by atoms with Crippen molar-refractivity contribution in [3.63, 3.8) is 0 Å². The Morgan fingerprint density at radius 3 is 2.56 bits per heavy atom. The van der Waals surface area contributed by atoms with Gasteiger partial charge in [0.2, 0.25) is 0 Å². The molecular formula is C14H14BrN3. The smallest absolute Gasteiger partial charge is 0.124 e. The van der Waals surface area contributed by atoms with Gasteiger partial charge in [-0.2, -0.15) is 0 Å². The Labute approximate surface area is 115 Å². The van der Waals surface area contributed by atoms with Crippen LogP contribution in [0, 0.1) is 12.3 Å². The van der Waals surface area contributed by atoms with Gasteiger partial charge in [0.05, 0.1) is 5.69 Å². The van der Waals surface area contributed by atoms with Gasteiger partial charge in [0.25, 0.3) is 0 Å². The van der Waals surface area contributed by atoms with E-state index < -0.39 is 0 Å². The van der Waals surface area contributed by atoms with E-state index in [9.17, 15) is 0 Å². The van der Waals surface area contributed by atoms with Gasteiger partial charge in [-0.25, -0.2) is 0 Å². The van der Waals surface area contributed by atoms with E-state index in [0.717, 1.165) is 21.4 Å². The molecule has 0 radical (unpaired) electrons. The van der Waals surface area contributed by atoms with Crippen LogP contribution in [-0.2, 0) is 0 Å². The third-order valence-electron chi connectivity index (χ3n) is 2.69. The molecule has 0 aliphatic heterocycles. The quantitative estimate of drug-likeness (QED) is 0.597. The standard InChI is InChI=1S/C14H14BrN3/c1-9-4-2-3-5-12(9)18-13-8-10(15)6-7-11(13)14(16)17/h2-8,18H,1H3,(H3,16,17). The van der Waals surface area contributed by atoms with Gasteiger partial charge in [-0.3, -0.25) is 5.41 Å². The molecular weight excluding hydrogens is 290 g/mol. The number of nitrogens with one attached hydrogen (secondary N) is 2. The third-order valence-corrected chi connectivity index (χ3v) is 3.18. The Hall–Kier alpha value is -1.81. The van der Waals surface area contributed by atoms with Crippen molar-refractivity contribution in [1.82, 2.24) is 0 Å². The molecule has 0 bridgehead atoms. The van der Waals surface area contributed by atoms with Crippen LogP contribution in [0.2, 0.25) is 0 Å². The lowest BCUT2D eigenvalue weighted by Gasteiger charge is -2.13. The molecule has 0 aromatic heterocycles. The van der Waals surface area contributed by atoms with Crippen molar-refractivity contribution in [3.05, 3.63) is 58.1 Å². The van der Waals surface area contributed by atoms with E-state index >= 15 is 0 Å². The highest BCUT2D eigenvalue weighted by Crippen LogP contribution is 2.26. The lowest BCUT2D eigenvalue weighted by Crippen LogP contribution is -2.13. The molecule has 0 atom stereocenters. The Morgan fingerprint density at radius 1 is 1.17 bits per heavy atom. The topological polar surface area (TPSA) is 61.9 Å². The molecule has 92 valence electrons. The van der Waals surface area contributed by atoms with Crippen LogP contribution in [-0.4, -0.2) is 5.84 Å². The molecule has 2 aromatic carbocycles. The average Bonchev–Trinajstić information content (AvgIpc) is 2.32. The van der Waals surface area contributed by atoms with Crippen molar-refractivity contribution >= 4 is 33.1 Å². The summed E-state index contributed by atoms with van der Waals surface area (Å²) in [6.45, 7) is 2.04. The summed E-state index contributed by atoms with van der Waals surface area (Å²) >= 11 is 3.43. The van der Waals surface area contributed by atoms with Gasteiger partial charge in [-0.1, -0.05) is 34.1 Å². The number of nitrogen functional groups attached to an aromatic ring is 1. The van der Waals surface area contributed by atoms with Crippen LogP contribution < -0.4 is 11.1 Å². The number of para-hydroxylation sites is 1. The molecule has 2 rings (SSSR count). The van der Waals surface area contributed by atoms with Crippen LogP contribution in [0.15, 0.2) is 46.9 Å². The van der Waals surface area contributed by atoms with E-state index in [-0.39, 0.29) is 5.84 Å². The number of benzene rings is 2. The lowest BCUT2D eigenvalue weighted by molar-refractivity contribution is 1.39. The maximum atomic E-state index is 7.59. The molecule has 3 nitrogen and oxygen atoms in total. The molecule has 0 aliphatic rings. The zero-order valence-corrected chi connectivity index (χ0v) is 11.6. The average molecular weight is 304 g/mol. The van der Waals surface area contributed by atoms with E-state index in [1.54, 1.807) is 0 Å². The summed E-state index contributed by atoms with van der Waals surface area (Å²) in [5.74, 6) is 0.0542.